The molecule has 2 aliphatic heterocycles. The molecule has 0 radical (unpaired) electrons. The van der Waals surface area contributed by atoms with Crippen LogP contribution in [0.5, 0.6) is 0 Å². The molecule has 132 valence electrons. The van der Waals surface area contributed by atoms with E-state index >= 15 is 0 Å². The molecule has 5 heteroatoms. The number of nitrogens with zero attached hydrogens (tertiary/aromatic N) is 2. The van der Waals surface area contributed by atoms with Crippen LogP contribution in [0.15, 0.2) is 0 Å². The van der Waals surface area contributed by atoms with Crippen molar-refractivity contribution in [3.8, 4) is 0 Å². The molecule has 0 aromatic carbocycles. The van der Waals surface area contributed by atoms with E-state index in [1.165, 1.54) is 38.5 Å². The first-order valence-electron chi connectivity index (χ1n) is 9.50. The summed E-state index contributed by atoms with van der Waals surface area (Å²) in [6.07, 6.45) is 7.60. The van der Waals surface area contributed by atoms with Gasteiger partial charge in [-0.15, -0.1) is 0 Å². The smallest absolute Gasteiger partial charge is 0.237 e. The van der Waals surface area contributed by atoms with Gasteiger partial charge in [0, 0.05) is 31.6 Å². The second-order valence-electron chi connectivity index (χ2n) is 7.73. The molecule has 1 amide bonds. The summed E-state index contributed by atoms with van der Waals surface area (Å²) in [5.41, 5.74) is 0.339. The van der Waals surface area contributed by atoms with Crippen molar-refractivity contribution >= 4 is 5.91 Å². The van der Waals surface area contributed by atoms with Crippen LogP contribution in [0.25, 0.3) is 0 Å². The van der Waals surface area contributed by atoms with Crippen LogP contribution < -0.4 is 5.32 Å². The predicted molar refractivity (Wildman–Crippen MR) is 91.4 cm³/mol. The van der Waals surface area contributed by atoms with Gasteiger partial charge in [-0.1, -0.05) is 12.8 Å². The number of hydrogen-bond acceptors (Lipinski definition) is 4. The molecule has 23 heavy (non-hydrogen) atoms. The lowest BCUT2D eigenvalue weighted by atomic mass is 10.1. The van der Waals surface area contributed by atoms with E-state index < -0.39 is 0 Å². The Balaban J connectivity index is 1.42. The lowest BCUT2D eigenvalue weighted by molar-refractivity contribution is -0.126. The first kappa shape index (κ1) is 17.2. The van der Waals surface area contributed by atoms with E-state index in [1.54, 1.807) is 0 Å². The van der Waals surface area contributed by atoms with Gasteiger partial charge in [0.05, 0.1) is 19.3 Å². The summed E-state index contributed by atoms with van der Waals surface area (Å²) in [6, 6.07) is 0.0206. The minimum Gasteiger partial charge on any atom is -0.379 e. The molecule has 0 aromatic rings. The number of likely N-dealkylation sites (tertiary alicyclic amines) is 1. The van der Waals surface area contributed by atoms with E-state index in [-0.39, 0.29) is 11.9 Å². The van der Waals surface area contributed by atoms with Gasteiger partial charge in [-0.3, -0.25) is 14.6 Å². The number of hydrogen-bond donors (Lipinski definition) is 1. The third-order valence-corrected chi connectivity index (χ3v) is 5.83. The van der Waals surface area contributed by atoms with Gasteiger partial charge in [0.1, 0.15) is 0 Å². The molecule has 1 aliphatic carbocycles. The maximum absolute atomic E-state index is 12.5. The number of carbonyl (C=O) groups excluding carboxylic acids is 1. The fourth-order valence-corrected chi connectivity index (χ4v) is 3.87. The molecule has 0 aromatic heterocycles. The standard InChI is InChI=1S/C18H33N3O2/c1-16(21-8-4-2-3-5-9-21)17(22)19-14-18(6-7-18)15-20-10-12-23-13-11-20/h16H,2-15H2,1H3,(H,19,22). The van der Waals surface area contributed by atoms with Crippen LogP contribution in [0.2, 0.25) is 0 Å². The third-order valence-electron chi connectivity index (χ3n) is 5.83. The van der Waals surface area contributed by atoms with Gasteiger partial charge in [-0.2, -0.15) is 0 Å². The van der Waals surface area contributed by atoms with Crippen LogP contribution in [-0.2, 0) is 9.53 Å². The summed E-state index contributed by atoms with van der Waals surface area (Å²) in [6.45, 7) is 9.99. The highest BCUT2D eigenvalue weighted by Crippen LogP contribution is 2.45. The molecular weight excluding hydrogens is 290 g/mol. The quantitative estimate of drug-likeness (QED) is 0.804. The third kappa shape index (κ3) is 4.91. The number of morpholine rings is 1. The Labute approximate surface area is 140 Å². The van der Waals surface area contributed by atoms with Gasteiger partial charge in [-0.05, 0) is 45.7 Å². The molecule has 3 aliphatic rings. The van der Waals surface area contributed by atoms with Gasteiger partial charge in [0.25, 0.3) is 0 Å². The van der Waals surface area contributed by atoms with E-state index in [9.17, 15) is 4.79 Å². The number of nitrogens with one attached hydrogen (secondary N) is 1. The number of carbonyl (C=O) groups is 1. The first-order valence-corrected chi connectivity index (χ1v) is 9.50. The second-order valence-corrected chi connectivity index (χ2v) is 7.73. The number of amides is 1. The summed E-state index contributed by atoms with van der Waals surface area (Å²) in [5, 5.41) is 3.25. The first-order chi connectivity index (χ1) is 11.2. The number of ether oxygens (including phenoxy) is 1. The van der Waals surface area contributed by atoms with Crippen molar-refractivity contribution in [2.24, 2.45) is 5.41 Å². The van der Waals surface area contributed by atoms with Crippen molar-refractivity contribution in [1.29, 1.82) is 0 Å². The molecule has 1 saturated carbocycles. The average Bonchev–Trinajstić information content (AvgIpc) is 3.37. The van der Waals surface area contributed by atoms with E-state index in [4.69, 9.17) is 4.74 Å². The zero-order valence-corrected chi connectivity index (χ0v) is 14.7. The zero-order valence-electron chi connectivity index (χ0n) is 14.7. The van der Waals surface area contributed by atoms with Crippen LogP contribution in [-0.4, -0.2) is 74.2 Å². The molecule has 1 N–H and O–H groups in total. The van der Waals surface area contributed by atoms with E-state index in [0.29, 0.717) is 5.41 Å². The van der Waals surface area contributed by atoms with Gasteiger partial charge in [0.15, 0.2) is 0 Å². The van der Waals surface area contributed by atoms with Crippen molar-refractivity contribution < 1.29 is 9.53 Å². The molecule has 0 spiro atoms. The Morgan fingerprint density at radius 2 is 1.74 bits per heavy atom. The highest BCUT2D eigenvalue weighted by molar-refractivity contribution is 5.81. The average molecular weight is 323 g/mol. The van der Waals surface area contributed by atoms with Gasteiger partial charge in [0.2, 0.25) is 5.91 Å². The Morgan fingerprint density at radius 1 is 1.09 bits per heavy atom. The van der Waals surface area contributed by atoms with Crippen molar-refractivity contribution in [2.75, 3.05) is 52.5 Å². The fourth-order valence-electron chi connectivity index (χ4n) is 3.87. The van der Waals surface area contributed by atoms with Crippen LogP contribution in [0.1, 0.15) is 45.4 Å². The summed E-state index contributed by atoms with van der Waals surface area (Å²) in [7, 11) is 0. The highest BCUT2D eigenvalue weighted by Gasteiger charge is 2.44. The second kappa shape index (κ2) is 7.95. The van der Waals surface area contributed by atoms with Crippen molar-refractivity contribution in [3.05, 3.63) is 0 Å². The molecule has 3 rings (SSSR count). The zero-order chi connectivity index (χ0) is 16.1. The molecule has 1 atom stereocenters. The highest BCUT2D eigenvalue weighted by atomic mass is 16.5. The summed E-state index contributed by atoms with van der Waals surface area (Å²) in [4.78, 5) is 17.4. The fraction of sp³-hybridized carbons (Fsp3) is 0.944. The summed E-state index contributed by atoms with van der Waals surface area (Å²) < 4.78 is 5.42. The Kier molecular flexibility index (Phi) is 5.94. The topological polar surface area (TPSA) is 44.8 Å². The predicted octanol–water partition coefficient (Wildman–Crippen LogP) is 1.48. The van der Waals surface area contributed by atoms with E-state index in [2.05, 4.69) is 22.0 Å². The van der Waals surface area contributed by atoms with Crippen LogP contribution in [0.3, 0.4) is 0 Å². The minimum absolute atomic E-state index is 0.0206. The molecule has 3 fully saturated rings. The Morgan fingerprint density at radius 3 is 2.35 bits per heavy atom. The van der Waals surface area contributed by atoms with Crippen LogP contribution >= 0.6 is 0 Å². The molecule has 2 saturated heterocycles. The largest absolute Gasteiger partial charge is 0.379 e. The van der Waals surface area contributed by atoms with Crippen LogP contribution in [0.4, 0.5) is 0 Å². The van der Waals surface area contributed by atoms with Crippen molar-refractivity contribution in [2.45, 2.75) is 51.5 Å². The van der Waals surface area contributed by atoms with Gasteiger partial charge in [-0.25, -0.2) is 0 Å². The Hall–Kier alpha value is -0.650. The summed E-state index contributed by atoms with van der Waals surface area (Å²) >= 11 is 0. The normalized spacial score (nSPS) is 27.2. The maximum atomic E-state index is 12.5. The Bertz CT molecular complexity index is 384. The van der Waals surface area contributed by atoms with E-state index in [0.717, 1.165) is 52.5 Å². The lowest BCUT2D eigenvalue weighted by Gasteiger charge is -2.31. The molecule has 1 unspecified atom stereocenters. The van der Waals surface area contributed by atoms with Gasteiger partial charge < -0.3 is 10.1 Å². The number of rotatable bonds is 6. The monoisotopic (exact) mass is 323 g/mol. The van der Waals surface area contributed by atoms with Crippen molar-refractivity contribution in [3.63, 3.8) is 0 Å². The molecular formula is C18H33N3O2. The molecule has 2 heterocycles. The maximum Gasteiger partial charge on any atom is 0.237 e. The van der Waals surface area contributed by atoms with Gasteiger partial charge >= 0.3 is 0 Å². The molecule has 0 bridgehead atoms. The van der Waals surface area contributed by atoms with Crippen LogP contribution in [0, 0.1) is 5.41 Å². The summed E-state index contributed by atoms with van der Waals surface area (Å²) in [5.74, 6) is 0.222. The lowest BCUT2D eigenvalue weighted by Crippen LogP contribution is -2.48. The van der Waals surface area contributed by atoms with Crippen molar-refractivity contribution in [1.82, 2.24) is 15.1 Å². The minimum atomic E-state index is 0.0206. The molecule has 5 nitrogen and oxygen atoms in total. The van der Waals surface area contributed by atoms with E-state index in [1.807, 2.05) is 0 Å². The SMILES string of the molecule is CC(C(=O)NCC1(CN2CCOCC2)CC1)N1CCCCCC1.